The van der Waals surface area contributed by atoms with Crippen molar-refractivity contribution in [3.63, 3.8) is 0 Å². The highest BCUT2D eigenvalue weighted by Crippen LogP contribution is 2.38. The van der Waals surface area contributed by atoms with Gasteiger partial charge in [-0.05, 0) is 24.8 Å². The second-order valence-electron chi connectivity index (χ2n) is 5.08. The van der Waals surface area contributed by atoms with Gasteiger partial charge in [-0.1, -0.05) is 0 Å². The van der Waals surface area contributed by atoms with Crippen molar-refractivity contribution < 1.29 is 0 Å². The molecule has 6 nitrogen and oxygen atoms in total. The van der Waals surface area contributed by atoms with Gasteiger partial charge in [-0.2, -0.15) is 0 Å². The third kappa shape index (κ3) is 1.55. The molecule has 0 amide bonds. The van der Waals surface area contributed by atoms with Crippen LogP contribution < -0.4 is 0 Å². The van der Waals surface area contributed by atoms with Crippen molar-refractivity contribution in [2.45, 2.75) is 19.3 Å². The van der Waals surface area contributed by atoms with E-state index in [1.54, 1.807) is 40.8 Å². The minimum absolute atomic E-state index is 0.593. The average molecular weight is 294 g/mol. The summed E-state index contributed by atoms with van der Waals surface area (Å²) in [7, 11) is 0. The Morgan fingerprint density at radius 3 is 3.05 bits per heavy atom. The van der Waals surface area contributed by atoms with E-state index in [0.717, 1.165) is 28.7 Å². The summed E-state index contributed by atoms with van der Waals surface area (Å²) in [4.78, 5) is 20.1. The summed E-state index contributed by atoms with van der Waals surface area (Å²) in [6.45, 7) is 0. The van der Waals surface area contributed by atoms with Gasteiger partial charge >= 0.3 is 0 Å². The van der Waals surface area contributed by atoms with Crippen LogP contribution in [0.1, 0.15) is 16.9 Å². The number of aromatic nitrogens is 6. The van der Waals surface area contributed by atoms with Gasteiger partial charge < -0.3 is 0 Å². The van der Waals surface area contributed by atoms with Gasteiger partial charge in [-0.3, -0.25) is 4.98 Å². The molecule has 0 radical (unpaired) electrons. The Morgan fingerprint density at radius 1 is 1.14 bits per heavy atom. The van der Waals surface area contributed by atoms with E-state index in [9.17, 15) is 0 Å². The van der Waals surface area contributed by atoms with E-state index in [1.165, 1.54) is 16.9 Å². The molecule has 0 unspecified atom stereocenters. The van der Waals surface area contributed by atoms with Crippen molar-refractivity contribution in [2.75, 3.05) is 0 Å². The molecule has 4 aromatic rings. The maximum Gasteiger partial charge on any atom is 0.202 e. The lowest BCUT2D eigenvalue weighted by Crippen LogP contribution is -1.91. The molecule has 0 saturated carbocycles. The van der Waals surface area contributed by atoms with E-state index in [0.29, 0.717) is 11.5 Å². The lowest BCUT2D eigenvalue weighted by atomic mass is 10.2. The van der Waals surface area contributed by atoms with Crippen LogP contribution in [0.3, 0.4) is 0 Å². The summed E-state index contributed by atoms with van der Waals surface area (Å²) >= 11 is 1.79. The smallest absolute Gasteiger partial charge is 0.202 e. The van der Waals surface area contributed by atoms with Crippen LogP contribution in [-0.4, -0.2) is 29.5 Å². The highest BCUT2D eigenvalue weighted by atomic mass is 32.1. The fourth-order valence-electron chi connectivity index (χ4n) is 2.92. The fraction of sp³-hybridized carbons (Fsp3) is 0.214. The number of aryl methyl sites for hydroxylation is 2. The first-order chi connectivity index (χ1) is 10.4. The van der Waals surface area contributed by atoms with Crippen LogP contribution >= 0.6 is 11.3 Å². The van der Waals surface area contributed by atoms with Gasteiger partial charge in [0.1, 0.15) is 16.9 Å². The Bertz CT molecular complexity index is 971. The van der Waals surface area contributed by atoms with Gasteiger partial charge in [-0.15, -0.1) is 16.4 Å². The van der Waals surface area contributed by atoms with Crippen molar-refractivity contribution in [1.29, 1.82) is 0 Å². The second kappa shape index (κ2) is 4.05. The van der Waals surface area contributed by atoms with E-state index in [2.05, 4.69) is 25.0 Å². The summed E-state index contributed by atoms with van der Waals surface area (Å²) in [5.74, 6) is 0.593. The molecule has 102 valence electrons. The standard InChI is InChI=1S/C14H10N6S/c1-2-8-10(3-1)21-14-11(8)13-18-12(19-20(13)7-17-14)9-6-15-4-5-16-9/h4-7H,1-3H2. The summed E-state index contributed by atoms with van der Waals surface area (Å²) in [6.07, 6.45) is 10.2. The number of rotatable bonds is 1. The van der Waals surface area contributed by atoms with Crippen LogP contribution in [0, 0.1) is 0 Å². The molecule has 1 aliphatic rings. The third-order valence-corrected chi connectivity index (χ3v) is 5.03. The van der Waals surface area contributed by atoms with Crippen LogP contribution in [0.4, 0.5) is 0 Å². The molecule has 4 heterocycles. The van der Waals surface area contributed by atoms with Crippen LogP contribution in [-0.2, 0) is 12.8 Å². The van der Waals surface area contributed by atoms with Gasteiger partial charge in [0.25, 0.3) is 0 Å². The lowest BCUT2D eigenvalue weighted by Gasteiger charge is -1.95. The van der Waals surface area contributed by atoms with Crippen LogP contribution in [0.25, 0.3) is 27.4 Å². The summed E-state index contributed by atoms with van der Waals surface area (Å²) < 4.78 is 1.75. The fourth-order valence-corrected chi connectivity index (χ4v) is 4.14. The predicted molar refractivity (Wildman–Crippen MR) is 79.2 cm³/mol. The van der Waals surface area contributed by atoms with Crippen molar-refractivity contribution in [3.8, 4) is 11.5 Å². The first-order valence-electron chi connectivity index (χ1n) is 6.82. The molecule has 0 spiro atoms. The number of fused-ring (bicyclic) bond motifs is 5. The Kier molecular flexibility index (Phi) is 2.17. The molecule has 4 aromatic heterocycles. The van der Waals surface area contributed by atoms with Crippen molar-refractivity contribution in [3.05, 3.63) is 35.4 Å². The molecule has 5 rings (SSSR count). The Hall–Kier alpha value is -2.41. The van der Waals surface area contributed by atoms with Gasteiger partial charge in [0, 0.05) is 17.3 Å². The molecular formula is C14H10N6S. The molecule has 21 heavy (non-hydrogen) atoms. The summed E-state index contributed by atoms with van der Waals surface area (Å²) in [6, 6.07) is 0. The third-order valence-electron chi connectivity index (χ3n) is 3.83. The quantitative estimate of drug-likeness (QED) is 0.539. The topological polar surface area (TPSA) is 68.9 Å². The minimum Gasteiger partial charge on any atom is -0.261 e. The predicted octanol–water partition coefficient (Wildman–Crippen LogP) is 2.28. The average Bonchev–Trinajstić information content (AvgIpc) is 3.20. The number of nitrogens with zero attached hydrogens (tertiary/aromatic N) is 6. The SMILES string of the molecule is c1cnc(-c2nc3c4c5c(sc4ncn3n2)CCC5)cn1. The van der Waals surface area contributed by atoms with E-state index < -0.39 is 0 Å². The maximum atomic E-state index is 4.68. The van der Waals surface area contributed by atoms with Gasteiger partial charge in [0.15, 0.2) is 5.65 Å². The molecule has 0 N–H and O–H groups in total. The molecule has 0 bridgehead atoms. The van der Waals surface area contributed by atoms with Crippen molar-refractivity contribution in [2.24, 2.45) is 0 Å². The molecule has 0 aromatic carbocycles. The number of hydrogen-bond donors (Lipinski definition) is 0. The molecule has 1 aliphatic carbocycles. The van der Waals surface area contributed by atoms with Crippen LogP contribution in [0.2, 0.25) is 0 Å². The van der Waals surface area contributed by atoms with Crippen molar-refractivity contribution in [1.82, 2.24) is 29.5 Å². The van der Waals surface area contributed by atoms with Crippen LogP contribution in [0.15, 0.2) is 24.9 Å². The first-order valence-corrected chi connectivity index (χ1v) is 7.64. The normalized spacial score (nSPS) is 14.1. The van der Waals surface area contributed by atoms with Crippen LogP contribution in [0.5, 0.6) is 0 Å². The summed E-state index contributed by atoms with van der Waals surface area (Å²) in [5.41, 5.74) is 2.97. The Balaban J connectivity index is 1.84. The largest absolute Gasteiger partial charge is 0.261 e. The number of hydrogen-bond acceptors (Lipinski definition) is 6. The Labute approximate surface area is 123 Å². The highest BCUT2D eigenvalue weighted by Gasteiger charge is 2.22. The molecule has 7 heteroatoms. The molecule has 0 aliphatic heterocycles. The van der Waals surface area contributed by atoms with E-state index in [-0.39, 0.29) is 0 Å². The maximum absolute atomic E-state index is 4.68. The van der Waals surface area contributed by atoms with Crippen molar-refractivity contribution >= 4 is 27.2 Å². The molecule has 0 saturated heterocycles. The molecule has 0 fully saturated rings. The molecular weight excluding hydrogens is 284 g/mol. The lowest BCUT2D eigenvalue weighted by molar-refractivity contribution is 0.914. The zero-order valence-corrected chi connectivity index (χ0v) is 11.8. The number of thiophene rings is 1. The monoisotopic (exact) mass is 294 g/mol. The van der Waals surface area contributed by atoms with E-state index in [1.807, 2.05) is 0 Å². The Morgan fingerprint density at radius 2 is 2.14 bits per heavy atom. The summed E-state index contributed by atoms with van der Waals surface area (Å²) in [5, 5.41) is 5.65. The van der Waals surface area contributed by atoms with Gasteiger partial charge in [0.05, 0.1) is 11.6 Å². The first kappa shape index (κ1) is 11.3. The minimum atomic E-state index is 0.593. The van der Waals surface area contributed by atoms with E-state index in [4.69, 9.17) is 0 Å². The molecule has 0 atom stereocenters. The zero-order valence-electron chi connectivity index (χ0n) is 11.0. The van der Waals surface area contributed by atoms with E-state index >= 15 is 0 Å². The second-order valence-corrected chi connectivity index (χ2v) is 6.16. The van der Waals surface area contributed by atoms with Gasteiger partial charge in [0.2, 0.25) is 5.82 Å². The zero-order chi connectivity index (χ0) is 13.8. The highest BCUT2D eigenvalue weighted by molar-refractivity contribution is 7.19. The van der Waals surface area contributed by atoms with Gasteiger partial charge in [-0.25, -0.2) is 19.5 Å².